The van der Waals surface area contributed by atoms with Crippen LogP contribution in [0.3, 0.4) is 0 Å². The van der Waals surface area contributed by atoms with Gasteiger partial charge in [-0.25, -0.2) is 0 Å². The molecule has 0 aromatic heterocycles. The summed E-state index contributed by atoms with van der Waals surface area (Å²) in [6.45, 7) is 6.02. The van der Waals surface area contributed by atoms with E-state index in [0.717, 1.165) is 12.1 Å². The second-order valence-electron chi connectivity index (χ2n) is 4.64. The zero-order valence-electron chi connectivity index (χ0n) is 11.2. The van der Waals surface area contributed by atoms with Crippen LogP contribution in [0.1, 0.15) is 37.6 Å². The zero-order chi connectivity index (χ0) is 13.5. The predicted octanol–water partition coefficient (Wildman–Crippen LogP) is 2.01. The molecule has 4 heteroatoms. The lowest BCUT2D eigenvalue weighted by atomic mass is 10.1. The molecule has 1 aromatic rings. The number of anilines is 1. The Morgan fingerprint density at radius 1 is 1.28 bits per heavy atom. The van der Waals surface area contributed by atoms with E-state index in [1.807, 2.05) is 19.1 Å². The van der Waals surface area contributed by atoms with Crippen molar-refractivity contribution in [3.05, 3.63) is 29.8 Å². The maximum Gasteiger partial charge on any atom is 0.251 e. The number of amides is 1. The van der Waals surface area contributed by atoms with E-state index >= 15 is 0 Å². The largest absolute Gasteiger partial charge is 0.394 e. The number of hydrogen-bond donors (Lipinski definition) is 3. The van der Waals surface area contributed by atoms with Crippen LogP contribution in [0.25, 0.3) is 0 Å². The number of carbonyl (C=O) groups is 1. The molecule has 0 fully saturated rings. The average Bonchev–Trinajstić information content (AvgIpc) is 2.35. The first-order valence-corrected chi connectivity index (χ1v) is 6.35. The third-order valence-electron chi connectivity index (χ3n) is 2.65. The highest BCUT2D eigenvalue weighted by Crippen LogP contribution is 2.11. The van der Waals surface area contributed by atoms with Crippen molar-refractivity contribution in [3.63, 3.8) is 0 Å². The first-order chi connectivity index (χ1) is 8.56. The lowest BCUT2D eigenvalue weighted by Crippen LogP contribution is -2.36. The van der Waals surface area contributed by atoms with Crippen molar-refractivity contribution in [2.75, 3.05) is 11.9 Å². The number of aliphatic hydroxyl groups excluding tert-OH is 1. The molecule has 100 valence electrons. The van der Waals surface area contributed by atoms with E-state index in [0.29, 0.717) is 11.6 Å². The summed E-state index contributed by atoms with van der Waals surface area (Å²) >= 11 is 0. The lowest BCUT2D eigenvalue weighted by Gasteiger charge is -2.14. The van der Waals surface area contributed by atoms with Gasteiger partial charge in [-0.15, -0.1) is 0 Å². The fourth-order valence-electron chi connectivity index (χ4n) is 1.60. The molecule has 0 aliphatic rings. The van der Waals surface area contributed by atoms with Crippen LogP contribution >= 0.6 is 0 Å². The van der Waals surface area contributed by atoms with E-state index in [4.69, 9.17) is 5.11 Å². The minimum absolute atomic E-state index is 0.0325. The van der Waals surface area contributed by atoms with Gasteiger partial charge in [0.1, 0.15) is 0 Å². The third-order valence-corrected chi connectivity index (χ3v) is 2.65. The van der Waals surface area contributed by atoms with E-state index in [-0.39, 0.29) is 18.6 Å². The van der Waals surface area contributed by atoms with Gasteiger partial charge in [0.2, 0.25) is 0 Å². The van der Waals surface area contributed by atoms with Gasteiger partial charge in [-0.3, -0.25) is 4.79 Å². The van der Waals surface area contributed by atoms with Gasteiger partial charge in [-0.2, -0.15) is 0 Å². The summed E-state index contributed by atoms with van der Waals surface area (Å²) in [6.07, 6.45) is 0.717. The molecule has 0 aliphatic heterocycles. The highest BCUT2D eigenvalue weighted by Gasteiger charge is 2.10. The molecule has 0 aliphatic carbocycles. The molecular formula is C14H22N2O2. The van der Waals surface area contributed by atoms with Crippen LogP contribution in [-0.4, -0.2) is 29.7 Å². The highest BCUT2D eigenvalue weighted by atomic mass is 16.3. The lowest BCUT2D eigenvalue weighted by molar-refractivity contribution is 0.0915. The Bertz CT molecular complexity index is 370. The van der Waals surface area contributed by atoms with Crippen LogP contribution in [0.5, 0.6) is 0 Å². The van der Waals surface area contributed by atoms with Gasteiger partial charge >= 0.3 is 0 Å². The summed E-state index contributed by atoms with van der Waals surface area (Å²) in [5, 5.41) is 15.1. The molecule has 1 amide bonds. The number of carbonyl (C=O) groups excluding carboxylic acids is 1. The summed E-state index contributed by atoms with van der Waals surface area (Å²) in [7, 11) is 0. The minimum Gasteiger partial charge on any atom is -0.394 e. The van der Waals surface area contributed by atoms with Crippen LogP contribution in [-0.2, 0) is 0 Å². The van der Waals surface area contributed by atoms with Crippen LogP contribution in [0.15, 0.2) is 24.3 Å². The van der Waals surface area contributed by atoms with Gasteiger partial charge in [-0.05, 0) is 44.5 Å². The van der Waals surface area contributed by atoms with Gasteiger partial charge in [0.25, 0.3) is 5.91 Å². The average molecular weight is 250 g/mol. The Kier molecular flexibility index (Phi) is 5.65. The minimum atomic E-state index is -0.175. The summed E-state index contributed by atoms with van der Waals surface area (Å²) in [4.78, 5) is 11.9. The van der Waals surface area contributed by atoms with Crippen molar-refractivity contribution < 1.29 is 9.90 Å². The number of benzene rings is 1. The van der Waals surface area contributed by atoms with Crippen molar-refractivity contribution in [3.8, 4) is 0 Å². The Balaban J connectivity index is 2.64. The molecular weight excluding hydrogens is 228 g/mol. The number of hydrogen-bond acceptors (Lipinski definition) is 3. The van der Waals surface area contributed by atoms with E-state index in [1.165, 1.54) is 0 Å². The molecule has 0 saturated heterocycles. The number of rotatable bonds is 6. The van der Waals surface area contributed by atoms with E-state index in [1.54, 1.807) is 12.1 Å². The Labute approximate surface area is 108 Å². The Morgan fingerprint density at radius 2 is 1.89 bits per heavy atom. The Morgan fingerprint density at radius 3 is 2.33 bits per heavy atom. The van der Waals surface area contributed by atoms with Crippen molar-refractivity contribution in [1.82, 2.24) is 5.32 Å². The van der Waals surface area contributed by atoms with Crippen molar-refractivity contribution >= 4 is 11.6 Å². The standard InChI is InChI=1S/C14H22N2O2/c1-4-12(9-17)16-14(18)11-5-7-13(8-6-11)15-10(2)3/h5-8,10,12,15,17H,4,9H2,1-3H3,(H,16,18). The first-order valence-electron chi connectivity index (χ1n) is 6.35. The predicted molar refractivity (Wildman–Crippen MR) is 73.8 cm³/mol. The topological polar surface area (TPSA) is 61.4 Å². The Hall–Kier alpha value is -1.55. The fourth-order valence-corrected chi connectivity index (χ4v) is 1.60. The fraction of sp³-hybridized carbons (Fsp3) is 0.500. The normalized spacial score (nSPS) is 12.3. The van der Waals surface area contributed by atoms with Crippen molar-refractivity contribution in [2.24, 2.45) is 0 Å². The van der Waals surface area contributed by atoms with E-state index in [2.05, 4.69) is 24.5 Å². The first kappa shape index (κ1) is 14.5. The van der Waals surface area contributed by atoms with E-state index < -0.39 is 0 Å². The zero-order valence-corrected chi connectivity index (χ0v) is 11.2. The molecule has 1 atom stereocenters. The summed E-state index contributed by atoms with van der Waals surface area (Å²) in [5.41, 5.74) is 1.60. The van der Waals surface area contributed by atoms with Gasteiger partial charge in [0.05, 0.1) is 12.6 Å². The SMILES string of the molecule is CCC(CO)NC(=O)c1ccc(NC(C)C)cc1. The summed E-state index contributed by atoms with van der Waals surface area (Å²) < 4.78 is 0. The molecule has 3 N–H and O–H groups in total. The van der Waals surface area contributed by atoms with Crippen LogP contribution in [0.4, 0.5) is 5.69 Å². The molecule has 0 heterocycles. The van der Waals surface area contributed by atoms with E-state index in [9.17, 15) is 4.79 Å². The van der Waals surface area contributed by atoms with Gasteiger partial charge < -0.3 is 15.7 Å². The molecule has 1 unspecified atom stereocenters. The molecule has 18 heavy (non-hydrogen) atoms. The van der Waals surface area contributed by atoms with Gasteiger partial charge in [-0.1, -0.05) is 6.92 Å². The molecule has 0 saturated carbocycles. The molecule has 0 radical (unpaired) electrons. The van der Waals surface area contributed by atoms with Crippen LogP contribution < -0.4 is 10.6 Å². The smallest absolute Gasteiger partial charge is 0.251 e. The molecule has 4 nitrogen and oxygen atoms in total. The van der Waals surface area contributed by atoms with Crippen LogP contribution in [0, 0.1) is 0 Å². The quantitative estimate of drug-likeness (QED) is 0.723. The van der Waals surface area contributed by atoms with Crippen molar-refractivity contribution in [2.45, 2.75) is 39.3 Å². The maximum absolute atomic E-state index is 11.9. The summed E-state index contributed by atoms with van der Waals surface area (Å²) in [6, 6.07) is 7.52. The summed E-state index contributed by atoms with van der Waals surface area (Å²) in [5.74, 6) is -0.146. The second-order valence-corrected chi connectivity index (χ2v) is 4.64. The monoisotopic (exact) mass is 250 g/mol. The number of nitrogens with one attached hydrogen (secondary N) is 2. The highest BCUT2D eigenvalue weighted by molar-refractivity contribution is 5.94. The molecule has 0 spiro atoms. The van der Waals surface area contributed by atoms with Crippen molar-refractivity contribution in [1.29, 1.82) is 0 Å². The number of aliphatic hydroxyl groups is 1. The third kappa shape index (κ3) is 4.37. The molecule has 0 bridgehead atoms. The van der Waals surface area contributed by atoms with Crippen LogP contribution in [0.2, 0.25) is 0 Å². The molecule has 1 aromatic carbocycles. The van der Waals surface area contributed by atoms with Gasteiger partial charge in [0.15, 0.2) is 0 Å². The molecule has 1 rings (SSSR count). The maximum atomic E-state index is 11.9. The van der Waals surface area contributed by atoms with Gasteiger partial charge in [0, 0.05) is 17.3 Å². The second kappa shape index (κ2) is 7.01.